The molecular formula is C18H16F3NO4. The lowest BCUT2D eigenvalue weighted by Gasteiger charge is -2.10. The molecule has 0 fully saturated rings. The number of aliphatic carboxylic acids is 1. The Hall–Kier alpha value is -2.87. The second kappa shape index (κ2) is 8.01. The second-order valence-electron chi connectivity index (χ2n) is 5.43. The number of hydrogen-bond donors (Lipinski definition) is 2. The molecule has 8 heteroatoms. The average Bonchev–Trinajstić information content (AvgIpc) is 3.09. The van der Waals surface area contributed by atoms with Gasteiger partial charge in [-0.25, -0.2) is 9.59 Å². The summed E-state index contributed by atoms with van der Waals surface area (Å²) in [5, 5.41) is 10.5. The number of benzene rings is 2. The largest absolute Gasteiger partial charge is 0.490 e. The first-order valence-electron chi connectivity index (χ1n) is 7.54. The van der Waals surface area contributed by atoms with Gasteiger partial charge >= 0.3 is 18.1 Å². The fourth-order valence-corrected chi connectivity index (χ4v) is 2.53. The number of esters is 1. The number of carbonyl (C=O) groups is 2. The van der Waals surface area contributed by atoms with Gasteiger partial charge in [0, 0.05) is 13.1 Å². The highest BCUT2D eigenvalue weighted by Gasteiger charge is 2.38. The highest BCUT2D eigenvalue weighted by Crippen LogP contribution is 2.31. The number of alkyl halides is 3. The Labute approximate surface area is 147 Å². The number of fused-ring (bicyclic) bond motifs is 1. The van der Waals surface area contributed by atoms with Crippen molar-refractivity contribution in [2.75, 3.05) is 7.11 Å². The van der Waals surface area contributed by atoms with Crippen molar-refractivity contribution in [3.8, 4) is 11.1 Å². The summed E-state index contributed by atoms with van der Waals surface area (Å²) in [6.07, 6.45) is -5.08. The Kier molecular flexibility index (Phi) is 5.99. The molecule has 5 nitrogen and oxygen atoms in total. The number of carboxylic acids is 1. The summed E-state index contributed by atoms with van der Waals surface area (Å²) >= 11 is 0. The standard InChI is InChI=1S/C16H15NO2.C2HF3O2/c1-19-16(18)12-7-13-9-17-10-15(13)14(8-12)11-5-3-2-4-6-11;3-2(4,5)1(6)7/h2-8,17H,9-10H2,1H3;(H,6,7). The molecule has 0 saturated heterocycles. The van der Waals surface area contributed by atoms with Crippen LogP contribution in [0.5, 0.6) is 0 Å². The van der Waals surface area contributed by atoms with E-state index in [1.807, 2.05) is 30.3 Å². The van der Waals surface area contributed by atoms with Gasteiger partial charge in [-0.2, -0.15) is 13.2 Å². The number of carbonyl (C=O) groups excluding carboxylic acids is 1. The zero-order valence-electron chi connectivity index (χ0n) is 13.8. The van der Waals surface area contributed by atoms with Crippen LogP contribution in [-0.4, -0.2) is 30.3 Å². The van der Waals surface area contributed by atoms with Crippen LogP contribution in [0.3, 0.4) is 0 Å². The van der Waals surface area contributed by atoms with Gasteiger partial charge in [0.15, 0.2) is 0 Å². The monoisotopic (exact) mass is 367 g/mol. The minimum Gasteiger partial charge on any atom is -0.475 e. The summed E-state index contributed by atoms with van der Waals surface area (Å²) in [6.45, 7) is 1.65. The summed E-state index contributed by atoms with van der Waals surface area (Å²) in [5.41, 5.74) is 5.32. The van der Waals surface area contributed by atoms with E-state index in [0.29, 0.717) is 5.56 Å². The fraction of sp³-hybridized carbons (Fsp3) is 0.222. The molecule has 2 aromatic carbocycles. The molecule has 26 heavy (non-hydrogen) atoms. The molecule has 0 saturated carbocycles. The lowest BCUT2D eigenvalue weighted by atomic mass is 9.94. The van der Waals surface area contributed by atoms with Crippen LogP contribution in [0.1, 0.15) is 21.5 Å². The molecular weight excluding hydrogens is 351 g/mol. The van der Waals surface area contributed by atoms with Crippen LogP contribution >= 0.6 is 0 Å². The third kappa shape index (κ3) is 4.60. The van der Waals surface area contributed by atoms with Crippen molar-refractivity contribution in [1.29, 1.82) is 0 Å². The van der Waals surface area contributed by atoms with Crippen LogP contribution < -0.4 is 5.32 Å². The van der Waals surface area contributed by atoms with Gasteiger partial charge in [-0.15, -0.1) is 0 Å². The van der Waals surface area contributed by atoms with Crippen LogP contribution in [0.4, 0.5) is 13.2 Å². The number of halogens is 3. The molecule has 0 radical (unpaired) electrons. The number of nitrogens with one attached hydrogen (secondary N) is 1. The zero-order valence-corrected chi connectivity index (χ0v) is 13.8. The smallest absolute Gasteiger partial charge is 0.475 e. The van der Waals surface area contributed by atoms with Crippen molar-refractivity contribution in [3.63, 3.8) is 0 Å². The highest BCUT2D eigenvalue weighted by atomic mass is 19.4. The summed E-state index contributed by atoms with van der Waals surface area (Å²) in [5.74, 6) is -3.04. The van der Waals surface area contributed by atoms with E-state index in [2.05, 4.69) is 17.4 Å². The normalized spacial score (nSPS) is 12.6. The van der Waals surface area contributed by atoms with E-state index in [1.165, 1.54) is 18.2 Å². The quantitative estimate of drug-likeness (QED) is 0.796. The minimum absolute atomic E-state index is 0.285. The molecule has 0 atom stereocenters. The van der Waals surface area contributed by atoms with Gasteiger partial charge in [0.1, 0.15) is 0 Å². The second-order valence-corrected chi connectivity index (χ2v) is 5.43. The van der Waals surface area contributed by atoms with Crippen LogP contribution in [0.25, 0.3) is 11.1 Å². The van der Waals surface area contributed by atoms with E-state index >= 15 is 0 Å². The molecule has 0 amide bonds. The number of methoxy groups -OCH3 is 1. The Morgan fingerprint density at radius 1 is 1.12 bits per heavy atom. The maximum absolute atomic E-state index is 11.8. The zero-order chi connectivity index (χ0) is 19.3. The topological polar surface area (TPSA) is 75.6 Å². The van der Waals surface area contributed by atoms with Crippen LogP contribution in [0.15, 0.2) is 42.5 Å². The summed E-state index contributed by atoms with van der Waals surface area (Å²) in [4.78, 5) is 20.7. The first-order chi connectivity index (χ1) is 12.2. The van der Waals surface area contributed by atoms with Crippen molar-refractivity contribution in [2.45, 2.75) is 19.3 Å². The van der Waals surface area contributed by atoms with Gasteiger partial charge in [0.05, 0.1) is 12.7 Å². The van der Waals surface area contributed by atoms with E-state index in [1.54, 1.807) is 0 Å². The molecule has 3 rings (SSSR count). The molecule has 2 aromatic rings. The van der Waals surface area contributed by atoms with E-state index < -0.39 is 12.1 Å². The summed E-state index contributed by atoms with van der Waals surface area (Å²) in [7, 11) is 1.41. The number of hydrogen-bond acceptors (Lipinski definition) is 4. The molecule has 1 heterocycles. The van der Waals surface area contributed by atoms with E-state index in [9.17, 15) is 18.0 Å². The molecule has 0 aliphatic carbocycles. The lowest BCUT2D eigenvalue weighted by molar-refractivity contribution is -0.192. The molecule has 0 unspecified atom stereocenters. The maximum Gasteiger partial charge on any atom is 0.490 e. The van der Waals surface area contributed by atoms with Crippen LogP contribution in [0, 0.1) is 0 Å². The summed E-state index contributed by atoms with van der Waals surface area (Å²) < 4.78 is 36.6. The fourth-order valence-electron chi connectivity index (χ4n) is 2.53. The van der Waals surface area contributed by atoms with Crippen molar-refractivity contribution in [2.24, 2.45) is 0 Å². The van der Waals surface area contributed by atoms with Crippen molar-refractivity contribution < 1.29 is 32.6 Å². The molecule has 0 spiro atoms. The number of carboxylic acid groups (broad SMARTS) is 1. The van der Waals surface area contributed by atoms with Gasteiger partial charge in [0.25, 0.3) is 0 Å². The Morgan fingerprint density at radius 2 is 1.73 bits per heavy atom. The van der Waals surface area contributed by atoms with Gasteiger partial charge in [-0.05, 0) is 34.4 Å². The molecule has 0 aromatic heterocycles. The summed E-state index contributed by atoms with van der Waals surface area (Å²) in [6, 6.07) is 14.0. The van der Waals surface area contributed by atoms with E-state index in [4.69, 9.17) is 14.6 Å². The van der Waals surface area contributed by atoms with Gasteiger partial charge < -0.3 is 15.2 Å². The van der Waals surface area contributed by atoms with Gasteiger partial charge in [-0.3, -0.25) is 0 Å². The van der Waals surface area contributed by atoms with Crippen molar-refractivity contribution >= 4 is 11.9 Å². The predicted molar refractivity (Wildman–Crippen MR) is 87.5 cm³/mol. The SMILES string of the molecule is COC(=O)c1cc2c(c(-c3ccccc3)c1)CNC2.O=C(O)C(F)(F)F. The Morgan fingerprint density at radius 3 is 2.27 bits per heavy atom. The van der Waals surface area contributed by atoms with Crippen molar-refractivity contribution in [3.05, 3.63) is 59.2 Å². The van der Waals surface area contributed by atoms with E-state index in [-0.39, 0.29) is 5.97 Å². The minimum atomic E-state index is -5.08. The first kappa shape index (κ1) is 19.5. The lowest BCUT2D eigenvalue weighted by Crippen LogP contribution is -2.21. The third-order valence-electron chi connectivity index (χ3n) is 3.71. The van der Waals surface area contributed by atoms with Crippen LogP contribution in [-0.2, 0) is 22.6 Å². The van der Waals surface area contributed by atoms with Crippen molar-refractivity contribution in [1.82, 2.24) is 5.32 Å². The van der Waals surface area contributed by atoms with Gasteiger partial charge in [-0.1, -0.05) is 30.3 Å². The highest BCUT2D eigenvalue weighted by molar-refractivity contribution is 5.92. The number of rotatable bonds is 2. The molecule has 2 N–H and O–H groups in total. The Bertz CT molecular complexity index is 804. The van der Waals surface area contributed by atoms with E-state index in [0.717, 1.165) is 24.2 Å². The Balaban J connectivity index is 0.000000298. The molecule has 0 bridgehead atoms. The first-order valence-corrected chi connectivity index (χ1v) is 7.54. The molecule has 138 valence electrons. The predicted octanol–water partition coefficient (Wildman–Crippen LogP) is 3.38. The molecule has 1 aliphatic heterocycles. The number of ether oxygens (including phenoxy) is 1. The third-order valence-corrected chi connectivity index (χ3v) is 3.71. The van der Waals surface area contributed by atoms with Gasteiger partial charge in [0.2, 0.25) is 0 Å². The maximum atomic E-state index is 11.8. The molecule has 1 aliphatic rings. The van der Waals surface area contributed by atoms with Crippen LogP contribution in [0.2, 0.25) is 0 Å². The average molecular weight is 367 g/mol.